The van der Waals surface area contributed by atoms with Crippen LogP contribution >= 0.6 is 0 Å². The van der Waals surface area contributed by atoms with Gasteiger partial charge in [0.25, 0.3) is 5.91 Å². The number of nitrogens with zero attached hydrogens (tertiary/aromatic N) is 6. The number of carbonyl (C=O) groups is 1. The summed E-state index contributed by atoms with van der Waals surface area (Å²) in [7, 11) is 0. The van der Waals surface area contributed by atoms with Crippen molar-refractivity contribution in [3.63, 3.8) is 0 Å². The highest BCUT2D eigenvalue weighted by atomic mass is 19.4. The van der Waals surface area contributed by atoms with Gasteiger partial charge in [-0.3, -0.25) is 14.6 Å². The number of anilines is 2. The van der Waals surface area contributed by atoms with Crippen LogP contribution in [0.3, 0.4) is 0 Å². The fourth-order valence-corrected chi connectivity index (χ4v) is 14.4. The van der Waals surface area contributed by atoms with Gasteiger partial charge in [-0.1, -0.05) is 0 Å². The molecule has 12 rings (SSSR count). The first-order valence-electron chi connectivity index (χ1n) is 21.9. The summed E-state index contributed by atoms with van der Waals surface area (Å²) in [6, 6.07) is 7.69. The third-order valence-corrected chi connectivity index (χ3v) is 16.4. The summed E-state index contributed by atoms with van der Waals surface area (Å²) in [6.07, 6.45) is 0.432. The van der Waals surface area contributed by atoms with Gasteiger partial charge < -0.3 is 24.9 Å². The Kier molecular flexibility index (Phi) is 9.44. The van der Waals surface area contributed by atoms with Crippen LogP contribution in [0.25, 0.3) is 0 Å². The van der Waals surface area contributed by atoms with E-state index in [9.17, 15) is 36.6 Å². The first-order valence-corrected chi connectivity index (χ1v) is 21.9. The fourth-order valence-electron chi connectivity index (χ4n) is 14.4. The van der Waals surface area contributed by atoms with Crippen LogP contribution in [0, 0.1) is 35.5 Å². The maximum absolute atomic E-state index is 16.4. The number of alkyl halides is 6. The zero-order valence-corrected chi connectivity index (χ0v) is 33.6. The van der Waals surface area contributed by atoms with Crippen molar-refractivity contribution in [3.8, 4) is 0 Å². The van der Waals surface area contributed by atoms with Crippen molar-refractivity contribution in [3.05, 3.63) is 53.7 Å². The lowest BCUT2D eigenvalue weighted by Gasteiger charge is -2.67. The third kappa shape index (κ3) is 6.92. The summed E-state index contributed by atoms with van der Waals surface area (Å²) in [4.78, 5) is 31.5. The van der Waals surface area contributed by atoms with Crippen molar-refractivity contribution in [1.29, 1.82) is 0 Å². The molecule has 9 nitrogen and oxygen atoms in total. The lowest BCUT2D eigenvalue weighted by Crippen LogP contribution is -2.77. The fraction of sp³-hybridized carbons (Fsp3) is 0.727. The number of benzene rings is 1. The van der Waals surface area contributed by atoms with Crippen molar-refractivity contribution in [1.82, 2.24) is 19.7 Å². The quantitative estimate of drug-likeness (QED) is 0.307. The number of hydrogen-bond donors (Lipinski definition) is 2. The van der Waals surface area contributed by atoms with Gasteiger partial charge in [-0.2, -0.15) is 26.3 Å². The molecule has 322 valence electrons. The topological polar surface area (TPSA) is 86.6 Å². The molecule has 1 amide bonds. The molecule has 3 heterocycles. The van der Waals surface area contributed by atoms with Crippen LogP contribution in [0.15, 0.2) is 42.6 Å². The second kappa shape index (κ2) is 13.9. The number of halogens is 6. The minimum absolute atomic E-state index is 0.0121. The van der Waals surface area contributed by atoms with E-state index in [1.165, 1.54) is 18.2 Å². The van der Waals surface area contributed by atoms with Crippen LogP contribution in [-0.2, 0) is 17.1 Å². The lowest BCUT2D eigenvalue weighted by atomic mass is 9.49. The van der Waals surface area contributed by atoms with Gasteiger partial charge in [-0.25, -0.2) is 4.98 Å². The third-order valence-electron chi connectivity index (χ3n) is 16.4. The molecule has 2 N–H and O–H groups in total. The van der Waals surface area contributed by atoms with Gasteiger partial charge in [0.1, 0.15) is 5.82 Å². The molecule has 2 aliphatic heterocycles. The zero-order chi connectivity index (χ0) is 41.3. The maximum atomic E-state index is 16.4. The van der Waals surface area contributed by atoms with Gasteiger partial charge in [0.05, 0.1) is 22.3 Å². The molecule has 8 aliphatic carbocycles. The number of carbonyl (C=O) groups excluding carboxylic acids is 1. The van der Waals surface area contributed by atoms with Gasteiger partial charge in [0, 0.05) is 76.3 Å². The molecule has 2 saturated heterocycles. The van der Waals surface area contributed by atoms with Gasteiger partial charge in [-0.15, -0.1) is 0 Å². The molecule has 4 unspecified atom stereocenters. The number of amides is 1. The van der Waals surface area contributed by atoms with Gasteiger partial charge in [0.15, 0.2) is 5.66 Å². The Bertz CT molecular complexity index is 1740. The lowest BCUT2D eigenvalue weighted by molar-refractivity contribution is -0.215. The number of piperazine rings is 2. The van der Waals surface area contributed by atoms with Crippen LogP contribution in [0.5, 0.6) is 0 Å². The summed E-state index contributed by atoms with van der Waals surface area (Å²) in [5, 5.41) is 23.4. The Morgan fingerprint density at radius 1 is 0.627 bits per heavy atom. The second-order valence-corrected chi connectivity index (χ2v) is 20.0. The van der Waals surface area contributed by atoms with E-state index in [2.05, 4.69) is 31.5 Å². The SMILES string of the molecule is C[C@](C(=O)N(C1C2CC3CC1CC(O)(C3)C2)C1C2CC3CC1CC(O)(C3)C2)(N1CCN(c2ccc(C(F)(F)F)cc2)CC1)N1CCN(c2ccc(C(F)(F)F)cn2)CC1. The molecule has 10 aliphatic rings. The Balaban J connectivity index is 0.980. The van der Waals surface area contributed by atoms with Crippen LogP contribution in [0.1, 0.15) is 82.3 Å². The molecule has 15 heteroatoms. The zero-order valence-electron chi connectivity index (χ0n) is 33.6. The van der Waals surface area contributed by atoms with E-state index in [0.717, 1.165) is 62.9 Å². The normalized spacial score (nSPS) is 38.2. The number of aliphatic hydroxyl groups is 2. The predicted molar refractivity (Wildman–Crippen MR) is 208 cm³/mol. The van der Waals surface area contributed by atoms with Gasteiger partial charge in [-0.05, 0) is 143 Å². The summed E-state index contributed by atoms with van der Waals surface area (Å²) >= 11 is 0. The van der Waals surface area contributed by atoms with Crippen molar-refractivity contribution >= 4 is 17.4 Å². The Morgan fingerprint density at radius 3 is 1.44 bits per heavy atom. The smallest absolute Gasteiger partial charge is 0.390 e. The standard InChI is InChI=1S/C44H56F6N6O3/c1-40(54-12-8-52(9-13-54)35-5-2-33(3-6-35)43(45,46)47,55-14-10-53(11-15-55)36-7-4-34(26-51-36)44(48,49)50)39(57)56(37-29-16-27-17-30(37)23-41(58,20-27)22-29)38-31-18-28-19-32(38)25-42(59,21-28)24-31/h2-7,26-32,37-38,58-59H,8-25H2,1H3/t27?,28?,29?,30?,31?,32?,37?,38?,40-,41?,42?/m0/s1. The number of hydrogen-bond acceptors (Lipinski definition) is 8. The molecule has 8 bridgehead atoms. The van der Waals surface area contributed by atoms with E-state index < -0.39 is 40.3 Å². The summed E-state index contributed by atoms with van der Waals surface area (Å²) in [5.41, 5.74) is -3.27. The number of rotatable bonds is 7. The highest BCUT2D eigenvalue weighted by Gasteiger charge is 2.64. The molecule has 8 saturated carbocycles. The average Bonchev–Trinajstić information content (AvgIpc) is 3.17. The number of aromatic nitrogens is 1. The van der Waals surface area contributed by atoms with Crippen molar-refractivity contribution in [2.75, 3.05) is 62.2 Å². The van der Waals surface area contributed by atoms with Crippen molar-refractivity contribution < 1.29 is 41.4 Å². The summed E-state index contributed by atoms with van der Waals surface area (Å²) < 4.78 is 80.3. The highest BCUT2D eigenvalue weighted by molar-refractivity contribution is 5.86. The molecule has 1 aromatic heterocycles. The molecule has 0 spiro atoms. The van der Waals surface area contributed by atoms with E-state index in [4.69, 9.17) is 0 Å². The Hall–Kier alpha value is -3.14. The van der Waals surface area contributed by atoms with E-state index in [1.54, 1.807) is 0 Å². The maximum Gasteiger partial charge on any atom is 0.417 e. The molecule has 2 aromatic rings. The minimum Gasteiger partial charge on any atom is -0.390 e. The highest BCUT2D eigenvalue weighted by Crippen LogP contribution is 2.62. The molecular formula is C44H56F6N6O3. The molecule has 10 fully saturated rings. The molecular weight excluding hydrogens is 775 g/mol. The van der Waals surface area contributed by atoms with E-state index in [-0.39, 0.29) is 41.7 Å². The predicted octanol–water partition coefficient (Wildman–Crippen LogP) is 6.49. The molecule has 1 aromatic carbocycles. The first kappa shape index (κ1) is 40.0. The number of pyridine rings is 1. The van der Waals surface area contributed by atoms with Crippen molar-refractivity contribution in [2.24, 2.45) is 35.5 Å². The minimum atomic E-state index is -4.49. The van der Waals surface area contributed by atoms with Crippen LogP contribution in [0.4, 0.5) is 37.8 Å². The summed E-state index contributed by atoms with van der Waals surface area (Å²) in [6.45, 7) is 5.92. The van der Waals surface area contributed by atoms with E-state index >= 15 is 4.79 Å². The second-order valence-electron chi connectivity index (χ2n) is 20.0. The first-order chi connectivity index (χ1) is 27.9. The summed E-state index contributed by atoms with van der Waals surface area (Å²) in [5.74, 6) is 2.21. The van der Waals surface area contributed by atoms with Crippen LogP contribution < -0.4 is 9.80 Å². The molecule has 59 heavy (non-hydrogen) atoms. The average molecular weight is 831 g/mol. The van der Waals surface area contributed by atoms with E-state index in [1.807, 2.05) is 4.90 Å². The molecule has 5 atom stereocenters. The van der Waals surface area contributed by atoms with Gasteiger partial charge in [0.2, 0.25) is 0 Å². The Morgan fingerprint density at radius 2 is 1.05 bits per heavy atom. The molecule has 0 radical (unpaired) electrons. The Labute approximate surface area is 341 Å². The van der Waals surface area contributed by atoms with Crippen LogP contribution in [-0.4, -0.2) is 117 Å². The monoisotopic (exact) mass is 830 g/mol. The van der Waals surface area contributed by atoms with Crippen LogP contribution in [0.2, 0.25) is 0 Å². The van der Waals surface area contributed by atoms with E-state index in [0.29, 0.717) is 101 Å². The largest absolute Gasteiger partial charge is 0.417 e. The van der Waals surface area contributed by atoms with Crippen molar-refractivity contribution in [2.45, 2.75) is 112 Å². The van der Waals surface area contributed by atoms with Gasteiger partial charge >= 0.3 is 12.4 Å².